The molecular formula is C23H25FN6O. The second kappa shape index (κ2) is 7.94. The number of fused-ring (bicyclic) bond motifs is 1. The molecule has 7 nitrogen and oxygen atoms in total. The molecule has 0 aliphatic carbocycles. The number of halogens is 1. The topological polar surface area (TPSA) is 51.4 Å². The summed E-state index contributed by atoms with van der Waals surface area (Å²) in [6.45, 7) is 3.53. The number of benzene rings is 2. The molecule has 0 bridgehead atoms. The van der Waals surface area contributed by atoms with Crippen molar-refractivity contribution in [3.05, 3.63) is 60.7 Å². The number of para-hydroxylation sites is 3. The first kappa shape index (κ1) is 19.4. The molecular weight excluding hydrogens is 395 g/mol. The highest BCUT2D eigenvalue weighted by molar-refractivity contribution is 5.87. The van der Waals surface area contributed by atoms with E-state index in [1.54, 1.807) is 30.3 Å². The molecule has 0 amide bonds. The fourth-order valence-corrected chi connectivity index (χ4v) is 4.39. The summed E-state index contributed by atoms with van der Waals surface area (Å²) < 4.78 is 23.6. The maximum atomic E-state index is 14.4. The SMILES string of the molecule is COc1ccccc1N1CCCN(c2ncnc3c2n(C)n3-c2ccccc2F)CC1. The zero-order valence-corrected chi connectivity index (χ0v) is 17.7. The molecule has 1 aliphatic rings. The quantitative estimate of drug-likeness (QED) is 0.505. The minimum Gasteiger partial charge on any atom is -0.495 e. The standard InChI is InChI=1S/C23H25FN6O/c1-27-21-22(25-16-26-23(21)30(27)18-9-4-3-8-17(18)24)29-13-7-12-28(14-15-29)19-10-5-6-11-20(19)31-2/h3-6,8-11,16H,7,12-15H2,1-2H3. The van der Waals surface area contributed by atoms with Gasteiger partial charge in [0.15, 0.2) is 11.5 Å². The summed E-state index contributed by atoms with van der Waals surface area (Å²) in [6, 6.07) is 14.9. The van der Waals surface area contributed by atoms with E-state index in [4.69, 9.17) is 4.74 Å². The van der Waals surface area contributed by atoms with Crippen molar-refractivity contribution in [1.29, 1.82) is 0 Å². The molecule has 0 unspecified atom stereocenters. The number of nitrogens with zero attached hydrogens (tertiary/aromatic N) is 6. The van der Waals surface area contributed by atoms with E-state index in [-0.39, 0.29) is 5.82 Å². The van der Waals surface area contributed by atoms with Gasteiger partial charge >= 0.3 is 0 Å². The van der Waals surface area contributed by atoms with Crippen molar-refractivity contribution in [2.45, 2.75) is 6.42 Å². The lowest BCUT2D eigenvalue weighted by atomic mass is 10.2. The zero-order valence-electron chi connectivity index (χ0n) is 17.7. The van der Waals surface area contributed by atoms with Crippen molar-refractivity contribution in [1.82, 2.24) is 19.3 Å². The van der Waals surface area contributed by atoms with E-state index in [1.165, 1.54) is 6.07 Å². The molecule has 5 rings (SSSR count). The highest BCUT2D eigenvalue weighted by Crippen LogP contribution is 2.32. The summed E-state index contributed by atoms with van der Waals surface area (Å²) in [4.78, 5) is 13.7. The predicted octanol–water partition coefficient (Wildman–Crippen LogP) is 3.62. The van der Waals surface area contributed by atoms with Gasteiger partial charge in [-0.15, -0.1) is 0 Å². The Balaban J connectivity index is 1.44. The van der Waals surface area contributed by atoms with Gasteiger partial charge in [-0.05, 0) is 30.7 Å². The Kier molecular flexibility index (Phi) is 4.97. The van der Waals surface area contributed by atoms with Crippen LogP contribution in [-0.2, 0) is 7.05 Å². The van der Waals surface area contributed by atoms with Gasteiger partial charge in [0.2, 0.25) is 0 Å². The van der Waals surface area contributed by atoms with Crippen LogP contribution in [0.5, 0.6) is 5.75 Å². The van der Waals surface area contributed by atoms with Gasteiger partial charge in [0, 0.05) is 33.2 Å². The first-order valence-corrected chi connectivity index (χ1v) is 10.4. The molecule has 0 radical (unpaired) electrons. The van der Waals surface area contributed by atoms with Gasteiger partial charge in [-0.3, -0.25) is 4.68 Å². The third kappa shape index (κ3) is 3.28. The van der Waals surface area contributed by atoms with Gasteiger partial charge in [-0.25, -0.2) is 19.0 Å². The number of hydrogen-bond acceptors (Lipinski definition) is 5. The molecule has 0 spiro atoms. The predicted molar refractivity (Wildman–Crippen MR) is 120 cm³/mol. The van der Waals surface area contributed by atoms with E-state index in [0.29, 0.717) is 5.69 Å². The van der Waals surface area contributed by atoms with Gasteiger partial charge in [0.1, 0.15) is 29.1 Å². The molecule has 3 heterocycles. The average Bonchev–Trinajstić information content (AvgIpc) is 3.06. The molecule has 8 heteroatoms. The second-order valence-electron chi connectivity index (χ2n) is 7.66. The van der Waals surface area contributed by atoms with Crippen LogP contribution in [0.4, 0.5) is 15.9 Å². The highest BCUT2D eigenvalue weighted by Gasteiger charge is 2.25. The Bertz CT molecular complexity index is 1220. The number of hydrogen-bond donors (Lipinski definition) is 0. The van der Waals surface area contributed by atoms with Crippen molar-refractivity contribution in [3.8, 4) is 11.4 Å². The summed E-state index contributed by atoms with van der Waals surface area (Å²) in [5.74, 6) is 1.51. The van der Waals surface area contributed by atoms with Crippen LogP contribution in [0.3, 0.4) is 0 Å². The molecule has 0 saturated carbocycles. The molecule has 31 heavy (non-hydrogen) atoms. The largest absolute Gasteiger partial charge is 0.495 e. The molecule has 1 fully saturated rings. The van der Waals surface area contributed by atoms with Crippen LogP contribution in [-0.4, -0.2) is 52.6 Å². The van der Waals surface area contributed by atoms with E-state index >= 15 is 0 Å². The van der Waals surface area contributed by atoms with Gasteiger partial charge in [0.05, 0.1) is 12.8 Å². The second-order valence-corrected chi connectivity index (χ2v) is 7.66. The molecule has 160 valence electrons. The summed E-state index contributed by atoms with van der Waals surface area (Å²) in [5, 5.41) is 0. The van der Waals surface area contributed by atoms with Crippen molar-refractivity contribution < 1.29 is 9.13 Å². The van der Waals surface area contributed by atoms with Crippen molar-refractivity contribution >= 4 is 22.7 Å². The normalized spacial score (nSPS) is 14.8. The van der Waals surface area contributed by atoms with Gasteiger partial charge in [-0.2, -0.15) is 0 Å². The molecule has 4 aromatic rings. The monoisotopic (exact) mass is 420 g/mol. The van der Waals surface area contributed by atoms with Crippen molar-refractivity contribution in [3.63, 3.8) is 0 Å². The summed E-state index contributed by atoms with van der Waals surface area (Å²) in [7, 11) is 3.63. The molecule has 0 N–H and O–H groups in total. The number of methoxy groups -OCH3 is 1. The summed E-state index contributed by atoms with van der Waals surface area (Å²) in [5.41, 5.74) is 3.26. The van der Waals surface area contributed by atoms with E-state index < -0.39 is 0 Å². The first-order valence-electron chi connectivity index (χ1n) is 10.4. The van der Waals surface area contributed by atoms with Gasteiger partial charge < -0.3 is 14.5 Å². The summed E-state index contributed by atoms with van der Waals surface area (Å²) >= 11 is 0. The Hall–Kier alpha value is -3.55. The summed E-state index contributed by atoms with van der Waals surface area (Å²) in [6.07, 6.45) is 2.56. The van der Waals surface area contributed by atoms with Crippen LogP contribution < -0.4 is 14.5 Å². The lowest BCUT2D eigenvalue weighted by Gasteiger charge is -2.29. The maximum absolute atomic E-state index is 14.4. The molecule has 1 saturated heterocycles. The molecule has 2 aromatic carbocycles. The Morgan fingerprint density at radius 1 is 0.871 bits per heavy atom. The Morgan fingerprint density at radius 3 is 2.39 bits per heavy atom. The molecule has 1 aliphatic heterocycles. The minimum atomic E-state index is -0.276. The number of rotatable bonds is 4. The van der Waals surface area contributed by atoms with Crippen molar-refractivity contribution in [2.24, 2.45) is 7.05 Å². The van der Waals surface area contributed by atoms with Crippen LogP contribution in [0.2, 0.25) is 0 Å². The highest BCUT2D eigenvalue weighted by atomic mass is 19.1. The van der Waals surface area contributed by atoms with Crippen LogP contribution in [0.15, 0.2) is 54.9 Å². The van der Waals surface area contributed by atoms with Crippen LogP contribution in [0.1, 0.15) is 6.42 Å². The molecule has 2 aromatic heterocycles. The van der Waals surface area contributed by atoms with E-state index in [1.807, 2.05) is 36.0 Å². The number of anilines is 2. The number of aryl methyl sites for hydroxylation is 1. The fraction of sp³-hybridized carbons (Fsp3) is 0.304. The smallest absolute Gasteiger partial charge is 0.183 e. The van der Waals surface area contributed by atoms with E-state index in [0.717, 1.165) is 61.0 Å². The average molecular weight is 420 g/mol. The van der Waals surface area contributed by atoms with Gasteiger partial charge in [0.25, 0.3) is 0 Å². The lowest BCUT2D eigenvalue weighted by molar-refractivity contribution is 0.414. The first-order chi connectivity index (χ1) is 15.2. The number of ether oxygens (including phenoxy) is 1. The fourth-order valence-electron chi connectivity index (χ4n) is 4.39. The Morgan fingerprint density at radius 2 is 1.58 bits per heavy atom. The van der Waals surface area contributed by atoms with Crippen LogP contribution >= 0.6 is 0 Å². The van der Waals surface area contributed by atoms with E-state index in [9.17, 15) is 4.39 Å². The number of aromatic nitrogens is 4. The third-order valence-electron chi connectivity index (χ3n) is 5.91. The maximum Gasteiger partial charge on any atom is 0.183 e. The Labute approximate surface area is 180 Å². The molecule has 0 atom stereocenters. The lowest BCUT2D eigenvalue weighted by Crippen LogP contribution is -2.33. The van der Waals surface area contributed by atoms with Crippen LogP contribution in [0.25, 0.3) is 16.9 Å². The van der Waals surface area contributed by atoms with Crippen molar-refractivity contribution in [2.75, 3.05) is 43.1 Å². The minimum absolute atomic E-state index is 0.276. The van der Waals surface area contributed by atoms with Gasteiger partial charge in [-0.1, -0.05) is 24.3 Å². The van der Waals surface area contributed by atoms with Crippen LogP contribution in [0, 0.1) is 5.82 Å². The third-order valence-corrected chi connectivity index (χ3v) is 5.91. The van der Waals surface area contributed by atoms with E-state index in [2.05, 4.69) is 25.8 Å². The zero-order chi connectivity index (χ0) is 21.4.